The third-order valence-electron chi connectivity index (χ3n) is 2.87. The summed E-state index contributed by atoms with van der Waals surface area (Å²) < 4.78 is 19.2. The van der Waals surface area contributed by atoms with Gasteiger partial charge in [-0.1, -0.05) is 6.07 Å². The largest absolute Gasteiger partial charge is 0.378 e. The highest BCUT2D eigenvalue weighted by Gasteiger charge is 2.15. The summed E-state index contributed by atoms with van der Waals surface area (Å²) in [6.07, 6.45) is 0.622. The van der Waals surface area contributed by atoms with Gasteiger partial charge in [0.15, 0.2) is 0 Å². The van der Waals surface area contributed by atoms with Crippen LogP contribution in [0.5, 0.6) is 0 Å². The lowest BCUT2D eigenvalue weighted by Gasteiger charge is -2.29. The summed E-state index contributed by atoms with van der Waals surface area (Å²) in [6.45, 7) is 3.19. The molecule has 0 unspecified atom stereocenters. The Labute approximate surface area is 100 Å². The molecule has 1 saturated heterocycles. The van der Waals surface area contributed by atoms with Gasteiger partial charge in [-0.05, 0) is 24.1 Å². The molecule has 1 aromatic rings. The molecule has 1 aromatic carbocycles. The molecule has 0 aliphatic carbocycles. The first-order valence-corrected chi connectivity index (χ1v) is 5.74. The summed E-state index contributed by atoms with van der Waals surface area (Å²) in [5, 5.41) is 0. The Morgan fingerprint density at radius 2 is 2.12 bits per heavy atom. The van der Waals surface area contributed by atoms with Crippen LogP contribution in [0.25, 0.3) is 0 Å². The number of nitrogens with zero attached hydrogens (tertiary/aromatic N) is 1. The van der Waals surface area contributed by atoms with Crippen LogP contribution in [0.4, 0.5) is 10.1 Å². The number of benzene rings is 1. The van der Waals surface area contributed by atoms with E-state index in [-0.39, 0.29) is 5.82 Å². The first kappa shape index (κ1) is 12.3. The molecule has 1 aliphatic heterocycles. The van der Waals surface area contributed by atoms with Crippen LogP contribution in [0.2, 0.25) is 0 Å². The molecule has 0 amide bonds. The summed E-state index contributed by atoms with van der Waals surface area (Å²) in [5.41, 5.74) is 1.54. The molecule has 0 saturated carbocycles. The Morgan fingerprint density at radius 1 is 1.35 bits per heavy atom. The topological polar surface area (TPSA) is 47.7 Å². The number of hydrogen-bond acceptors (Lipinski definition) is 4. The van der Waals surface area contributed by atoms with Crippen LogP contribution < -0.4 is 10.8 Å². The number of hydrogen-bond donors (Lipinski definition) is 1. The molecule has 0 atom stereocenters. The highest BCUT2D eigenvalue weighted by atomic mass is 19.1. The van der Waals surface area contributed by atoms with Crippen molar-refractivity contribution in [2.45, 2.75) is 6.42 Å². The van der Waals surface area contributed by atoms with Crippen LogP contribution in [0.1, 0.15) is 5.56 Å². The minimum atomic E-state index is -0.193. The maximum absolute atomic E-state index is 13.9. The molecule has 0 bridgehead atoms. The molecule has 0 spiro atoms. The zero-order valence-electron chi connectivity index (χ0n) is 9.69. The van der Waals surface area contributed by atoms with E-state index in [0.717, 1.165) is 18.7 Å². The van der Waals surface area contributed by atoms with Gasteiger partial charge in [-0.15, -0.1) is 0 Å². The van der Waals surface area contributed by atoms with Gasteiger partial charge in [0.25, 0.3) is 0 Å². The van der Waals surface area contributed by atoms with Gasteiger partial charge in [0.05, 0.1) is 25.5 Å². The van der Waals surface area contributed by atoms with Gasteiger partial charge in [0.1, 0.15) is 5.82 Å². The molecule has 2 rings (SSSR count). The van der Waals surface area contributed by atoms with Crippen LogP contribution in [0, 0.1) is 5.82 Å². The Bertz CT molecular complexity index is 368. The van der Waals surface area contributed by atoms with E-state index in [4.69, 9.17) is 10.6 Å². The normalized spacial score (nSPS) is 16.2. The molecular weight excluding hydrogens is 223 g/mol. The van der Waals surface area contributed by atoms with E-state index in [1.165, 1.54) is 0 Å². The molecule has 1 heterocycles. The standard InChI is InChI=1S/C12H17FN2O2/c13-11-9-10(3-6-17-14)1-2-12(11)15-4-7-16-8-5-15/h1-2,9H,3-8,14H2. The number of morpholine rings is 1. The lowest BCUT2D eigenvalue weighted by molar-refractivity contribution is 0.122. The Hall–Kier alpha value is -1.17. The summed E-state index contributed by atoms with van der Waals surface area (Å²) in [7, 11) is 0. The first-order valence-electron chi connectivity index (χ1n) is 5.74. The maximum Gasteiger partial charge on any atom is 0.146 e. The fraction of sp³-hybridized carbons (Fsp3) is 0.500. The number of anilines is 1. The van der Waals surface area contributed by atoms with Crippen molar-refractivity contribution < 1.29 is 14.0 Å². The molecular formula is C12H17FN2O2. The number of rotatable bonds is 4. The first-order chi connectivity index (χ1) is 8.31. The van der Waals surface area contributed by atoms with Crippen molar-refractivity contribution in [1.29, 1.82) is 0 Å². The molecule has 1 aliphatic rings. The Kier molecular flexibility index (Phi) is 4.30. The van der Waals surface area contributed by atoms with E-state index in [1.807, 2.05) is 17.0 Å². The van der Waals surface area contributed by atoms with Crippen LogP contribution in [-0.2, 0) is 16.0 Å². The Morgan fingerprint density at radius 3 is 2.76 bits per heavy atom. The highest BCUT2D eigenvalue weighted by Crippen LogP contribution is 2.21. The van der Waals surface area contributed by atoms with E-state index < -0.39 is 0 Å². The van der Waals surface area contributed by atoms with E-state index in [1.54, 1.807) is 6.07 Å². The van der Waals surface area contributed by atoms with Crippen LogP contribution in [-0.4, -0.2) is 32.9 Å². The quantitative estimate of drug-likeness (QED) is 0.800. The van der Waals surface area contributed by atoms with Crippen molar-refractivity contribution in [3.05, 3.63) is 29.6 Å². The molecule has 0 aromatic heterocycles. The van der Waals surface area contributed by atoms with E-state index in [2.05, 4.69) is 4.84 Å². The fourth-order valence-corrected chi connectivity index (χ4v) is 1.94. The average molecular weight is 240 g/mol. The minimum Gasteiger partial charge on any atom is -0.378 e. The van der Waals surface area contributed by atoms with Crippen LogP contribution >= 0.6 is 0 Å². The summed E-state index contributed by atoms with van der Waals surface area (Å²) in [6, 6.07) is 5.27. The third-order valence-corrected chi connectivity index (χ3v) is 2.87. The van der Waals surface area contributed by atoms with Crippen molar-refractivity contribution in [2.75, 3.05) is 37.8 Å². The predicted octanol–water partition coefficient (Wildman–Crippen LogP) is 1.10. The van der Waals surface area contributed by atoms with Crippen LogP contribution in [0.15, 0.2) is 18.2 Å². The van der Waals surface area contributed by atoms with Gasteiger partial charge >= 0.3 is 0 Å². The summed E-state index contributed by atoms with van der Waals surface area (Å²) in [4.78, 5) is 6.48. The second-order valence-electron chi connectivity index (χ2n) is 4.01. The van der Waals surface area contributed by atoms with Crippen molar-refractivity contribution >= 4 is 5.69 Å². The highest BCUT2D eigenvalue weighted by molar-refractivity contribution is 5.49. The molecule has 17 heavy (non-hydrogen) atoms. The number of nitrogens with two attached hydrogens (primary N) is 1. The molecule has 4 nitrogen and oxygen atoms in total. The maximum atomic E-state index is 13.9. The number of ether oxygens (including phenoxy) is 1. The second kappa shape index (κ2) is 5.95. The predicted molar refractivity (Wildman–Crippen MR) is 63.3 cm³/mol. The lowest BCUT2D eigenvalue weighted by atomic mass is 10.1. The second-order valence-corrected chi connectivity index (χ2v) is 4.01. The van der Waals surface area contributed by atoms with Gasteiger partial charge < -0.3 is 14.5 Å². The SMILES string of the molecule is NOCCc1ccc(N2CCOCC2)c(F)c1. The smallest absolute Gasteiger partial charge is 0.146 e. The Balaban J connectivity index is 2.07. The lowest BCUT2D eigenvalue weighted by Crippen LogP contribution is -2.36. The van der Waals surface area contributed by atoms with Crippen LogP contribution in [0.3, 0.4) is 0 Å². The van der Waals surface area contributed by atoms with E-state index >= 15 is 0 Å². The zero-order valence-corrected chi connectivity index (χ0v) is 9.69. The van der Waals surface area contributed by atoms with E-state index in [0.29, 0.717) is 31.9 Å². The zero-order chi connectivity index (χ0) is 12.1. The van der Waals surface area contributed by atoms with Crippen molar-refractivity contribution in [2.24, 2.45) is 5.90 Å². The van der Waals surface area contributed by atoms with Gasteiger partial charge in [0.2, 0.25) is 0 Å². The van der Waals surface area contributed by atoms with E-state index in [9.17, 15) is 4.39 Å². The van der Waals surface area contributed by atoms with Crippen molar-refractivity contribution in [1.82, 2.24) is 0 Å². The monoisotopic (exact) mass is 240 g/mol. The fourth-order valence-electron chi connectivity index (χ4n) is 1.94. The summed E-state index contributed by atoms with van der Waals surface area (Å²) in [5.74, 6) is 4.75. The van der Waals surface area contributed by atoms with Crippen molar-refractivity contribution in [3.63, 3.8) is 0 Å². The van der Waals surface area contributed by atoms with Gasteiger partial charge in [-0.3, -0.25) is 0 Å². The van der Waals surface area contributed by atoms with Gasteiger partial charge in [-0.25, -0.2) is 10.3 Å². The third kappa shape index (κ3) is 3.15. The minimum absolute atomic E-state index is 0.193. The van der Waals surface area contributed by atoms with Crippen molar-refractivity contribution in [3.8, 4) is 0 Å². The molecule has 94 valence electrons. The molecule has 2 N–H and O–H groups in total. The summed E-state index contributed by atoms with van der Waals surface area (Å²) >= 11 is 0. The van der Waals surface area contributed by atoms with Gasteiger partial charge in [-0.2, -0.15) is 0 Å². The van der Waals surface area contributed by atoms with Gasteiger partial charge in [0, 0.05) is 13.1 Å². The molecule has 0 radical (unpaired) electrons. The number of halogens is 1. The average Bonchev–Trinajstić information content (AvgIpc) is 2.37. The molecule has 5 heteroatoms. The molecule has 1 fully saturated rings.